The summed E-state index contributed by atoms with van der Waals surface area (Å²) in [6.07, 6.45) is 14.5. The quantitative estimate of drug-likeness (QED) is 0.142. The van der Waals surface area contributed by atoms with Crippen LogP contribution in [0.2, 0.25) is 0 Å². The third-order valence-corrected chi connectivity index (χ3v) is 5.40. The predicted molar refractivity (Wildman–Crippen MR) is 121 cm³/mol. The lowest BCUT2D eigenvalue weighted by atomic mass is 10.1. The van der Waals surface area contributed by atoms with Crippen molar-refractivity contribution in [2.24, 2.45) is 0 Å². The van der Waals surface area contributed by atoms with Crippen LogP contribution in [0.25, 0.3) is 12.2 Å². The number of rotatable bonds is 14. The van der Waals surface area contributed by atoms with Gasteiger partial charge in [0.25, 0.3) is 0 Å². The number of unbranched alkanes of at least 4 members (excludes halogenated alkanes) is 3. The molecule has 0 aliphatic rings. The van der Waals surface area contributed by atoms with Crippen LogP contribution in [0.5, 0.6) is 0 Å². The van der Waals surface area contributed by atoms with Crippen LogP contribution in [0.1, 0.15) is 50.2 Å². The van der Waals surface area contributed by atoms with Crippen LogP contribution in [0, 0.1) is 0 Å². The SMILES string of the molecule is CCCCCCN(C)c1ccc(C=Cc2cc[n+](CCCSOOO)cc2)cc1. The fraction of sp³-hybridized carbons (Fsp3) is 0.435. The van der Waals surface area contributed by atoms with Crippen LogP contribution in [0.15, 0.2) is 48.8 Å². The number of benzene rings is 1. The predicted octanol–water partition coefficient (Wildman–Crippen LogP) is 5.62. The van der Waals surface area contributed by atoms with E-state index >= 15 is 0 Å². The van der Waals surface area contributed by atoms with Crippen LogP contribution in [0.3, 0.4) is 0 Å². The Hall–Kier alpha value is -1.86. The summed E-state index contributed by atoms with van der Waals surface area (Å²) in [6, 6.07) is 13.0. The number of aromatic nitrogens is 1. The second kappa shape index (κ2) is 14.2. The molecule has 2 rings (SSSR count). The second-order valence-electron chi connectivity index (χ2n) is 7.09. The smallest absolute Gasteiger partial charge is 0.169 e. The van der Waals surface area contributed by atoms with Gasteiger partial charge in [-0.2, -0.15) is 0 Å². The summed E-state index contributed by atoms with van der Waals surface area (Å²) < 4.78 is 6.49. The maximum absolute atomic E-state index is 8.07. The highest BCUT2D eigenvalue weighted by Crippen LogP contribution is 2.16. The van der Waals surface area contributed by atoms with Gasteiger partial charge in [-0.25, -0.2) is 9.82 Å². The highest BCUT2D eigenvalue weighted by Gasteiger charge is 2.02. The summed E-state index contributed by atoms with van der Waals surface area (Å²) in [6.45, 7) is 4.25. The lowest BCUT2D eigenvalue weighted by molar-refractivity contribution is -0.696. The van der Waals surface area contributed by atoms with Crippen molar-refractivity contribution in [1.29, 1.82) is 0 Å². The third kappa shape index (κ3) is 9.45. The molecule has 0 aliphatic carbocycles. The van der Waals surface area contributed by atoms with Gasteiger partial charge in [-0.15, -0.1) is 4.33 Å². The van der Waals surface area contributed by atoms with Gasteiger partial charge in [0.15, 0.2) is 12.4 Å². The Morgan fingerprint density at radius 3 is 2.31 bits per heavy atom. The fourth-order valence-corrected chi connectivity index (χ4v) is 3.39. The zero-order valence-corrected chi connectivity index (χ0v) is 18.3. The molecule has 1 aromatic heterocycles. The van der Waals surface area contributed by atoms with Crippen molar-refractivity contribution in [3.05, 3.63) is 59.9 Å². The minimum absolute atomic E-state index is 0.749. The summed E-state index contributed by atoms with van der Waals surface area (Å²) in [5.41, 5.74) is 3.64. The molecular formula is C23H33N2O3S+. The van der Waals surface area contributed by atoms with Crippen LogP contribution >= 0.6 is 12.0 Å². The number of aryl methyl sites for hydroxylation is 1. The Bertz CT molecular complexity index is 705. The van der Waals surface area contributed by atoms with E-state index in [0.29, 0.717) is 0 Å². The van der Waals surface area contributed by atoms with E-state index in [2.05, 4.69) is 93.8 Å². The molecule has 5 nitrogen and oxygen atoms in total. The van der Waals surface area contributed by atoms with Gasteiger partial charge >= 0.3 is 0 Å². The van der Waals surface area contributed by atoms with E-state index in [4.69, 9.17) is 5.26 Å². The molecule has 6 heteroatoms. The van der Waals surface area contributed by atoms with E-state index in [9.17, 15) is 0 Å². The monoisotopic (exact) mass is 417 g/mol. The van der Waals surface area contributed by atoms with E-state index in [1.807, 2.05) is 0 Å². The molecule has 0 aliphatic heterocycles. The molecular weight excluding hydrogens is 384 g/mol. The van der Waals surface area contributed by atoms with Crippen LogP contribution in [0.4, 0.5) is 5.69 Å². The Kier molecular flexibility index (Phi) is 11.4. The van der Waals surface area contributed by atoms with E-state index in [1.54, 1.807) is 0 Å². The van der Waals surface area contributed by atoms with Crippen molar-refractivity contribution >= 4 is 29.9 Å². The maximum Gasteiger partial charge on any atom is 0.169 e. The molecule has 1 heterocycles. The van der Waals surface area contributed by atoms with Gasteiger partial charge in [-0.05, 0) is 29.7 Å². The molecule has 1 aromatic carbocycles. The van der Waals surface area contributed by atoms with Gasteiger partial charge in [0.2, 0.25) is 0 Å². The molecule has 0 atom stereocenters. The first-order chi connectivity index (χ1) is 14.2. The van der Waals surface area contributed by atoms with Crippen molar-refractivity contribution in [3.63, 3.8) is 0 Å². The van der Waals surface area contributed by atoms with Crippen LogP contribution < -0.4 is 9.47 Å². The first-order valence-corrected chi connectivity index (χ1v) is 11.2. The summed E-state index contributed by atoms with van der Waals surface area (Å²) >= 11 is 1.09. The first-order valence-electron chi connectivity index (χ1n) is 10.3. The maximum atomic E-state index is 8.07. The fourth-order valence-electron chi connectivity index (χ4n) is 3.03. The summed E-state index contributed by atoms with van der Waals surface area (Å²) in [7, 11) is 2.17. The van der Waals surface area contributed by atoms with E-state index in [1.165, 1.54) is 42.5 Å². The van der Waals surface area contributed by atoms with Crippen molar-refractivity contribution in [3.8, 4) is 0 Å². The highest BCUT2D eigenvalue weighted by atomic mass is 32.2. The molecule has 0 radical (unpaired) electrons. The molecule has 29 heavy (non-hydrogen) atoms. The topological polar surface area (TPSA) is 45.8 Å². The van der Waals surface area contributed by atoms with Gasteiger partial charge in [0.1, 0.15) is 6.54 Å². The molecule has 158 valence electrons. The lowest BCUT2D eigenvalue weighted by Crippen LogP contribution is -2.32. The van der Waals surface area contributed by atoms with Gasteiger partial charge in [-0.3, -0.25) is 0 Å². The minimum atomic E-state index is 0.749. The zero-order valence-electron chi connectivity index (χ0n) is 17.5. The molecule has 0 amide bonds. The molecule has 0 saturated heterocycles. The van der Waals surface area contributed by atoms with Gasteiger partial charge < -0.3 is 4.90 Å². The summed E-state index contributed by atoms with van der Waals surface area (Å²) in [4.78, 5) is 2.33. The summed E-state index contributed by atoms with van der Waals surface area (Å²) in [5, 5.41) is 11.6. The molecule has 0 spiro atoms. The normalized spacial score (nSPS) is 11.3. The number of nitrogens with zero attached hydrogens (tertiary/aromatic N) is 2. The average molecular weight is 418 g/mol. The zero-order chi connectivity index (χ0) is 20.7. The summed E-state index contributed by atoms with van der Waals surface area (Å²) in [5.74, 6) is 0.749. The Balaban J connectivity index is 1.78. The van der Waals surface area contributed by atoms with E-state index in [0.717, 1.165) is 37.3 Å². The number of anilines is 1. The largest absolute Gasteiger partial charge is 0.375 e. The Morgan fingerprint density at radius 2 is 1.66 bits per heavy atom. The molecule has 0 fully saturated rings. The van der Waals surface area contributed by atoms with E-state index in [-0.39, 0.29) is 0 Å². The average Bonchev–Trinajstić information content (AvgIpc) is 2.76. The van der Waals surface area contributed by atoms with Crippen molar-refractivity contribution < 1.29 is 19.2 Å². The second-order valence-corrected chi connectivity index (χ2v) is 7.87. The highest BCUT2D eigenvalue weighted by molar-refractivity contribution is 7.94. The van der Waals surface area contributed by atoms with Crippen LogP contribution in [-0.4, -0.2) is 24.6 Å². The first kappa shape index (κ1) is 23.4. The Morgan fingerprint density at radius 1 is 0.966 bits per heavy atom. The van der Waals surface area contributed by atoms with Crippen molar-refractivity contribution in [2.75, 3.05) is 24.2 Å². The molecule has 1 N–H and O–H groups in total. The van der Waals surface area contributed by atoms with E-state index < -0.39 is 0 Å². The third-order valence-electron chi connectivity index (χ3n) is 4.79. The number of pyridine rings is 1. The van der Waals surface area contributed by atoms with Crippen molar-refractivity contribution in [2.45, 2.75) is 45.6 Å². The van der Waals surface area contributed by atoms with Gasteiger partial charge in [0.05, 0.1) is 0 Å². The molecule has 0 unspecified atom stereocenters. The van der Waals surface area contributed by atoms with Gasteiger partial charge in [0, 0.05) is 55.6 Å². The number of hydrogen-bond acceptors (Lipinski definition) is 5. The van der Waals surface area contributed by atoms with Crippen molar-refractivity contribution in [1.82, 2.24) is 0 Å². The minimum Gasteiger partial charge on any atom is -0.375 e. The lowest BCUT2D eigenvalue weighted by Gasteiger charge is -2.19. The standard InChI is InChI=1S/C23H32N2O3S/c1-3-4-5-6-16-24(2)23-12-10-21(11-13-23)8-9-22-14-18-25(19-15-22)17-7-20-29-28-27-26/h8-15,18-19H,3-7,16-17,20H2,1-2H3/p+1. The van der Waals surface area contributed by atoms with Gasteiger partial charge in [-0.1, -0.05) is 55.5 Å². The molecule has 0 saturated carbocycles. The molecule has 0 bridgehead atoms. The Labute approximate surface area is 179 Å². The van der Waals surface area contributed by atoms with Crippen LogP contribution in [-0.2, 0) is 15.9 Å². The number of hydrogen-bond donors (Lipinski definition) is 1. The molecule has 2 aromatic rings.